The number of hydrogen-bond acceptors (Lipinski definition) is 3. The van der Waals surface area contributed by atoms with Crippen molar-refractivity contribution in [2.75, 3.05) is 0 Å². The monoisotopic (exact) mass is 243 g/mol. The summed E-state index contributed by atoms with van der Waals surface area (Å²) in [6.45, 7) is 7.55. The van der Waals surface area contributed by atoms with Crippen LogP contribution in [-0.2, 0) is 9.05 Å². The van der Waals surface area contributed by atoms with Gasteiger partial charge in [-0.15, -0.1) is 0 Å². The first-order chi connectivity index (χ1) is 7.44. The minimum Gasteiger partial charge on any atom is -0.188 e. The predicted octanol–water partition coefficient (Wildman–Crippen LogP) is 2.92. The molecule has 0 fully saturated rings. The molecule has 3 nitrogen and oxygen atoms in total. The van der Waals surface area contributed by atoms with Gasteiger partial charge in [0.05, 0.1) is 0 Å². The quantitative estimate of drug-likeness (QED) is 0.808. The van der Waals surface area contributed by atoms with Crippen LogP contribution in [0.1, 0.15) is 27.7 Å². The predicted molar refractivity (Wildman–Crippen MR) is 67.7 cm³/mol. The largest absolute Gasteiger partial charge is 0.446 e. The normalized spacial score (nSPS) is 12.4. The Morgan fingerprint density at radius 3 is 1.75 bits per heavy atom. The molecule has 4 heteroatoms. The maximum absolute atomic E-state index is 10.5. The highest BCUT2D eigenvalue weighted by molar-refractivity contribution is 7.68. The highest BCUT2D eigenvalue weighted by atomic mass is 31.2. The highest BCUT2D eigenvalue weighted by Crippen LogP contribution is 2.57. The van der Waals surface area contributed by atoms with E-state index in [-0.39, 0.29) is 12.2 Å². The van der Waals surface area contributed by atoms with Gasteiger partial charge in [0.25, 0.3) is 0 Å². The summed E-state index contributed by atoms with van der Waals surface area (Å²) in [4.78, 5) is 10.5. The van der Waals surface area contributed by atoms with Gasteiger partial charge in [0.1, 0.15) is 12.2 Å². The van der Waals surface area contributed by atoms with Crippen LogP contribution in [0.3, 0.4) is 0 Å². The smallest absolute Gasteiger partial charge is 0.188 e. The topological polar surface area (TPSA) is 38.7 Å². The molecular weight excluding hydrogens is 223 g/mol. The summed E-state index contributed by atoms with van der Waals surface area (Å²) in [6.07, 6.45) is -0.144. The Morgan fingerprint density at radius 2 is 1.38 bits per heavy atom. The lowest BCUT2D eigenvalue weighted by atomic mass is 10.4. The van der Waals surface area contributed by atoms with Gasteiger partial charge < -0.3 is 0 Å². The van der Waals surface area contributed by atoms with Crippen molar-refractivity contribution in [1.29, 1.82) is 0 Å². The van der Waals surface area contributed by atoms with Gasteiger partial charge in [-0.2, -0.15) is 13.9 Å². The summed E-state index contributed by atoms with van der Waals surface area (Å²) in [5, 5.41) is 0.720. The van der Waals surface area contributed by atoms with E-state index in [1.165, 1.54) is 0 Å². The second kappa shape index (κ2) is 5.74. The molecule has 0 aromatic heterocycles. The summed E-state index contributed by atoms with van der Waals surface area (Å²) < 4.78 is 11.2. The van der Waals surface area contributed by atoms with Crippen molar-refractivity contribution in [2.45, 2.75) is 39.9 Å². The Balaban J connectivity index is 2.95. The Morgan fingerprint density at radius 1 is 0.938 bits per heavy atom. The lowest BCUT2D eigenvalue weighted by molar-refractivity contribution is 0.127. The molecule has 1 aromatic carbocycles. The van der Waals surface area contributed by atoms with Crippen LogP contribution in [0, 0.1) is 0 Å². The van der Waals surface area contributed by atoms with Gasteiger partial charge in [-0.3, -0.25) is 0 Å². The molecule has 0 bridgehead atoms. The van der Waals surface area contributed by atoms with Crippen LogP contribution in [0.25, 0.3) is 0 Å². The lowest BCUT2D eigenvalue weighted by Crippen LogP contribution is -2.21. The van der Waals surface area contributed by atoms with Crippen molar-refractivity contribution in [3.63, 3.8) is 0 Å². The fourth-order valence-corrected chi connectivity index (χ4v) is 3.32. The highest BCUT2D eigenvalue weighted by Gasteiger charge is 2.46. The van der Waals surface area contributed by atoms with Gasteiger partial charge in [-0.1, -0.05) is 18.2 Å². The van der Waals surface area contributed by atoms with Crippen molar-refractivity contribution in [3.05, 3.63) is 30.3 Å². The molecule has 90 valence electrons. The summed E-state index contributed by atoms with van der Waals surface area (Å²) >= 11 is 0. The molecule has 1 N–H and O–H groups in total. The zero-order valence-electron chi connectivity index (χ0n) is 10.3. The number of benzene rings is 1. The Bertz CT molecular complexity index is 301. The summed E-state index contributed by atoms with van der Waals surface area (Å²) in [6, 6.07) is 9.30. The van der Waals surface area contributed by atoms with Crippen molar-refractivity contribution in [1.82, 2.24) is 0 Å². The van der Waals surface area contributed by atoms with Gasteiger partial charge in [0.15, 0.2) is 5.30 Å². The van der Waals surface area contributed by atoms with Crippen molar-refractivity contribution in [2.24, 2.45) is 0 Å². The van der Waals surface area contributed by atoms with Gasteiger partial charge in [0.2, 0.25) is 0 Å². The fourth-order valence-electron chi connectivity index (χ4n) is 1.33. The second-order valence-corrected chi connectivity index (χ2v) is 6.14. The molecule has 1 aromatic rings. The molecule has 0 unspecified atom stereocenters. The molecule has 0 heterocycles. The third kappa shape index (κ3) is 3.84. The SMILES string of the molecule is CC(C)O[P+](O)(OC(C)C)c1ccccc1. The molecule has 1 rings (SSSR count). The van der Waals surface area contributed by atoms with Crippen molar-refractivity contribution >= 4 is 13.2 Å². The molecule has 0 amide bonds. The zero-order chi connectivity index (χ0) is 12.2. The van der Waals surface area contributed by atoms with Crippen LogP contribution in [0.4, 0.5) is 0 Å². The molecule has 0 aliphatic rings. The molecule has 0 atom stereocenters. The summed E-state index contributed by atoms with van der Waals surface area (Å²) in [5.74, 6) is 0. The van der Waals surface area contributed by atoms with Crippen LogP contribution in [0.15, 0.2) is 30.3 Å². The van der Waals surface area contributed by atoms with Crippen LogP contribution in [-0.4, -0.2) is 17.1 Å². The van der Waals surface area contributed by atoms with E-state index < -0.39 is 7.94 Å². The van der Waals surface area contributed by atoms with Crippen molar-refractivity contribution in [3.8, 4) is 0 Å². The van der Waals surface area contributed by atoms with Gasteiger partial charge in [-0.25, -0.2) is 0 Å². The fraction of sp³-hybridized carbons (Fsp3) is 0.500. The van der Waals surface area contributed by atoms with E-state index in [1.807, 2.05) is 58.0 Å². The maximum atomic E-state index is 10.5. The van der Waals surface area contributed by atoms with E-state index in [2.05, 4.69) is 0 Å². The van der Waals surface area contributed by atoms with Gasteiger partial charge in [-0.05, 0) is 39.8 Å². The van der Waals surface area contributed by atoms with Crippen LogP contribution >= 0.6 is 7.94 Å². The summed E-state index contributed by atoms with van der Waals surface area (Å²) in [7, 11) is -2.93. The zero-order valence-corrected chi connectivity index (χ0v) is 11.1. The first-order valence-corrected chi connectivity index (χ1v) is 7.06. The third-order valence-electron chi connectivity index (χ3n) is 1.79. The Labute approximate surface area is 98.0 Å². The van der Waals surface area contributed by atoms with E-state index in [9.17, 15) is 4.89 Å². The lowest BCUT2D eigenvalue weighted by Gasteiger charge is -2.20. The molecule has 0 aliphatic heterocycles. The minimum absolute atomic E-state index is 0.0720. The van der Waals surface area contributed by atoms with Gasteiger partial charge in [0, 0.05) is 0 Å². The third-order valence-corrected chi connectivity index (χ3v) is 4.16. The standard InChI is InChI=1S/C12H20O3P/c1-10(2)14-16(13,15-11(3)4)12-8-6-5-7-9-12/h5-11,13H,1-4H3/q+1. The molecule has 0 saturated heterocycles. The van der Waals surface area contributed by atoms with Crippen molar-refractivity contribution < 1.29 is 13.9 Å². The second-order valence-electron chi connectivity index (χ2n) is 4.16. The summed E-state index contributed by atoms with van der Waals surface area (Å²) in [5.41, 5.74) is 0. The van der Waals surface area contributed by atoms with Crippen LogP contribution < -0.4 is 5.30 Å². The van der Waals surface area contributed by atoms with E-state index in [1.54, 1.807) is 0 Å². The molecule has 16 heavy (non-hydrogen) atoms. The van der Waals surface area contributed by atoms with Gasteiger partial charge >= 0.3 is 7.94 Å². The Kier molecular flexibility index (Phi) is 4.88. The minimum atomic E-state index is -2.93. The average Bonchev–Trinajstić information content (AvgIpc) is 2.16. The van der Waals surface area contributed by atoms with E-state index in [0.717, 1.165) is 5.30 Å². The van der Waals surface area contributed by atoms with E-state index in [0.29, 0.717) is 0 Å². The first kappa shape index (κ1) is 13.6. The molecular formula is C12H20O3P+. The van der Waals surface area contributed by atoms with E-state index in [4.69, 9.17) is 9.05 Å². The first-order valence-electron chi connectivity index (χ1n) is 5.48. The molecule has 0 aliphatic carbocycles. The molecule has 0 radical (unpaired) electrons. The average molecular weight is 243 g/mol. The molecule has 0 saturated carbocycles. The Hall–Kier alpha value is -0.470. The number of hydrogen-bond donors (Lipinski definition) is 1. The van der Waals surface area contributed by atoms with Crippen LogP contribution in [0.5, 0.6) is 0 Å². The molecule has 0 spiro atoms. The maximum Gasteiger partial charge on any atom is 0.446 e. The van der Waals surface area contributed by atoms with Crippen LogP contribution in [0.2, 0.25) is 0 Å². The number of rotatable bonds is 5. The van der Waals surface area contributed by atoms with E-state index >= 15 is 0 Å².